The Labute approximate surface area is 101 Å². The zero-order valence-corrected chi connectivity index (χ0v) is 10.5. The van der Waals surface area contributed by atoms with Crippen LogP contribution in [0.4, 0.5) is 5.69 Å². The average molecular weight is 238 g/mol. The summed E-state index contributed by atoms with van der Waals surface area (Å²) in [5, 5.41) is 22.1. The third-order valence-electron chi connectivity index (χ3n) is 3.03. The van der Waals surface area contributed by atoms with E-state index in [9.17, 15) is 9.90 Å². The number of carboxylic acids is 1. The second kappa shape index (κ2) is 4.33. The first-order chi connectivity index (χ1) is 7.65. The van der Waals surface area contributed by atoms with Gasteiger partial charge in [-0.3, -0.25) is 4.98 Å². The fraction of sp³-hybridized carbons (Fsp3) is 0.500. The van der Waals surface area contributed by atoms with Crippen molar-refractivity contribution in [2.45, 2.75) is 38.8 Å². The van der Waals surface area contributed by atoms with Crippen molar-refractivity contribution in [3.8, 4) is 0 Å². The van der Waals surface area contributed by atoms with Gasteiger partial charge in [-0.2, -0.15) is 0 Å². The van der Waals surface area contributed by atoms with Gasteiger partial charge in [0.05, 0.1) is 16.8 Å². The molecule has 0 saturated heterocycles. The van der Waals surface area contributed by atoms with Gasteiger partial charge in [-0.1, -0.05) is 0 Å². The van der Waals surface area contributed by atoms with Crippen molar-refractivity contribution in [2.75, 3.05) is 5.32 Å². The van der Waals surface area contributed by atoms with E-state index in [0.29, 0.717) is 5.69 Å². The predicted octanol–water partition coefficient (Wildman–Crippen LogP) is 1.74. The molecule has 1 aromatic heterocycles. The van der Waals surface area contributed by atoms with Crippen molar-refractivity contribution in [3.63, 3.8) is 0 Å². The minimum Gasteiger partial charge on any atom is -0.478 e. The summed E-state index contributed by atoms with van der Waals surface area (Å²) in [6.45, 7) is 6.95. The van der Waals surface area contributed by atoms with Crippen molar-refractivity contribution >= 4 is 11.7 Å². The van der Waals surface area contributed by atoms with Gasteiger partial charge in [0.15, 0.2) is 0 Å². The van der Waals surface area contributed by atoms with E-state index in [1.165, 1.54) is 12.4 Å². The lowest BCUT2D eigenvalue weighted by Gasteiger charge is -2.39. The molecule has 0 aliphatic rings. The number of hydrogen-bond donors (Lipinski definition) is 3. The monoisotopic (exact) mass is 238 g/mol. The number of carboxylic acid groups (broad SMARTS) is 1. The molecule has 1 rings (SSSR count). The van der Waals surface area contributed by atoms with Gasteiger partial charge in [-0.25, -0.2) is 4.79 Å². The highest BCUT2D eigenvalue weighted by atomic mass is 16.4. The maximum atomic E-state index is 11.0. The van der Waals surface area contributed by atoms with E-state index < -0.39 is 17.1 Å². The van der Waals surface area contributed by atoms with Crippen LogP contribution in [0.2, 0.25) is 0 Å². The van der Waals surface area contributed by atoms with Gasteiger partial charge >= 0.3 is 5.97 Å². The summed E-state index contributed by atoms with van der Waals surface area (Å²) in [6, 6.07) is 1.58. The molecule has 0 aromatic carbocycles. The summed E-state index contributed by atoms with van der Waals surface area (Å²) in [5.74, 6) is -1.05. The summed E-state index contributed by atoms with van der Waals surface area (Å²) in [6.07, 6.45) is 2.79. The van der Waals surface area contributed by atoms with E-state index in [1.54, 1.807) is 33.8 Å². The Hall–Kier alpha value is -1.62. The van der Waals surface area contributed by atoms with Crippen LogP contribution in [-0.2, 0) is 0 Å². The fourth-order valence-electron chi connectivity index (χ4n) is 1.16. The second-order valence-electron chi connectivity index (χ2n) is 5.04. The van der Waals surface area contributed by atoms with Crippen LogP contribution < -0.4 is 5.32 Å². The number of rotatable bonds is 4. The number of nitrogens with zero attached hydrogens (tertiary/aromatic N) is 1. The van der Waals surface area contributed by atoms with Crippen LogP contribution in [-0.4, -0.2) is 32.3 Å². The molecule has 17 heavy (non-hydrogen) atoms. The Morgan fingerprint density at radius 3 is 2.41 bits per heavy atom. The second-order valence-corrected chi connectivity index (χ2v) is 5.04. The first-order valence-corrected chi connectivity index (χ1v) is 5.33. The maximum Gasteiger partial charge on any atom is 0.339 e. The Kier molecular flexibility index (Phi) is 3.43. The molecule has 0 aliphatic carbocycles. The summed E-state index contributed by atoms with van der Waals surface area (Å²) in [4.78, 5) is 14.8. The Balaban J connectivity index is 3.08. The molecule has 0 amide bonds. The first-order valence-electron chi connectivity index (χ1n) is 5.33. The van der Waals surface area contributed by atoms with E-state index in [2.05, 4.69) is 10.3 Å². The molecule has 0 atom stereocenters. The SMILES string of the molecule is CC(C)(O)C(C)(C)Nc1ccncc1C(=O)O. The number of anilines is 1. The van der Waals surface area contributed by atoms with Crippen molar-refractivity contribution < 1.29 is 15.0 Å². The van der Waals surface area contributed by atoms with Crippen LogP contribution in [0.3, 0.4) is 0 Å². The summed E-state index contributed by atoms with van der Waals surface area (Å²) in [7, 11) is 0. The summed E-state index contributed by atoms with van der Waals surface area (Å²) >= 11 is 0. The number of carbonyl (C=O) groups is 1. The number of aliphatic hydroxyl groups is 1. The molecule has 5 nitrogen and oxygen atoms in total. The molecule has 0 aliphatic heterocycles. The van der Waals surface area contributed by atoms with Gasteiger partial charge in [-0.15, -0.1) is 0 Å². The molecule has 94 valence electrons. The van der Waals surface area contributed by atoms with Crippen molar-refractivity contribution in [1.82, 2.24) is 4.98 Å². The fourth-order valence-corrected chi connectivity index (χ4v) is 1.16. The molecule has 0 bridgehead atoms. The number of aromatic nitrogens is 1. The minimum atomic E-state index is -1.05. The van der Waals surface area contributed by atoms with E-state index in [-0.39, 0.29) is 5.56 Å². The third-order valence-corrected chi connectivity index (χ3v) is 3.03. The van der Waals surface area contributed by atoms with E-state index in [1.807, 2.05) is 0 Å². The Morgan fingerprint density at radius 2 is 1.94 bits per heavy atom. The van der Waals surface area contributed by atoms with Crippen LogP contribution in [0, 0.1) is 0 Å². The summed E-state index contributed by atoms with van der Waals surface area (Å²) in [5.41, 5.74) is -1.13. The zero-order valence-electron chi connectivity index (χ0n) is 10.5. The van der Waals surface area contributed by atoms with Crippen LogP contribution in [0.1, 0.15) is 38.1 Å². The molecule has 3 N–H and O–H groups in total. The molecule has 5 heteroatoms. The lowest BCUT2D eigenvalue weighted by molar-refractivity contribution is 0.0239. The highest BCUT2D eigenvalue weighted by Gasteiger charge is 2.35. The van der Waals surface area contributed by atoms with Crippen LogP contribution >= 0.6 is 0 Å². The largest absolute Gasteiger partial charge is 0.478 e. The third kappa shape index (κ3) is 2.94. The lowest BCUT2D eigenvalue weighted by Crippen LogP contribution is -2.51. The smallest absolute Gasteiger partial charge is 0.339 e. The van der Waals surface area contributed by atoms with Crippen LogP contribution in [0.5, 0.6) is 0 Å². The lowest BCUT2D eigenvalue weighted by atomic mass is 9.85. The normalized spacial score (nSPS) is 12.3. The molecular formula is C12H18N2O3. The predicted molar refractivity (Wildman–Crippen MR) is 65.2 cm³/mol. The standard InChI is InChI=1S/C12H18N2O3/c1-11(2,12(3,4)17)14-9-5-6-13-7-8(9)10(15)16/h5-7,17H,1-4H3,(H,13,14)(H,15,16). The molecule has 0 radical (unpaired) electrons. The van der Waals surface area contributed by atoms with Crippen LogP contribution in [0.15, 0.2) is 18.5 Å². The molecule has 0 spiro atoms. The van der Waals surface area contributed by atoms with Crippen molar-refractivity contribution in [1.29, 1.82) is 0 Å². The quantitative estimate of drug-likeness (QED) is 0.744. The van der Waals surface area contributed by atoms with Gasteiger partial charge in [0.25, 0.3) is 0 Å². The maximum absolute atomic E-state index is 11.0. The van der Waals surface area contributed by atoms with Crippen molar-refractivity contribution in [3.05, 3.63) is 24.0 Å². The van der Waals surface area contributed by atoms with Gasteiger partial charge in [-0.05, 0) is 33.8 Å². The molecule has 1 aromatic rings. The van der Waals surface area contributed by atoms with Crippen molar-refractivity contribution in [2.24, 2.45) is 0 Å². The number of aromatic carboxylic acids is 1. The van der Waals surface area contributed by atoms with Gasteiger partial charge in [0.1, 0.15) is 5.56 Å². The van der Waals surface area contributed by atoms with Gasteiger partial charge in [0, 0.05) is 12.4 Å². The average Bonchev–Trinajstić information content (AvgIpc) is 2.15. The number of nitrogens with one attached hydrogen (secondary N) is 1. The zero-order chi connectivity index (χ0) is 13.3. The van der Waals surface area contributed by atoms with E-state index in [0.717, 1.165) is 0 Å². The van der Waals surface area contributed by atoms with E-state index in [4.69, 9.17) is 5.11 Å². The number of pyridine rings is 1. The Morgan fingerprint density at radius 1 is 1.35 bits per heavy atom. The van der Waals surface area contributed by atoms with Crippen LogP contribution in [0.25, 0.3) is 0 Å². The number of hydrogen-bond acceptors (Lipinski definition) is 4. The molecule has 1 heterocycles. The molecule has 0 saturated carbocycles. The van der Waals surface area contributed by atoms with E-state index >= 15 is 0 Å². The highest BCUT2D eigenvalue weighted by molar-refractivity contribution is 5.93. The minimum absolute atomic E-state index is 0.0878. The first kappa shape index (κ1) is 13.4. The Bertz CT molecular complexity index is 422. The topological polar surface area (TPSA) is 82.5 Å². The summed E-state index contributed by atoms with van der Waals surface area (Å²) < 4.78 is 0. The molecule has 0 unspecified atom stereocenters. The van der Waals surface area contributed by atoms with Gasteiger partial charge < -0.3 is 15.5 Å². The van der Waals surface area contributed by atoms with Gasteiger partial charge in [0.2, 0.25) is 0 Å². The molecular weight excluding hydrogens is 220 g/mol. The molecule has 0 fully saturated rings. The highest BCUT2D eigenvalue weighted by Crippen LogP contribution is 2.27.